The minimum atomic E-state index is -0.220. The zero-order valence-electron chi connectivity index (χ0n) is 14.7. The predicted octanol–water partition coefficient (Wildman–Crippen LogP) is 4.03. The van der Waals surface area contributed by atoms with Gasteiger partial charge in [0, 0.05) is 41.1 Å². The van der Waals surface area contributed by atoms with Crippen LogP contribution in [0.25, 0.3) is 10.9 Å². The second-order valence-corrected chi connectivity index (χ2v) is 7.24. The number of nitrogens with zero attached hydrogens (tertiary/aromatic N) is 2. The van der Waals surface area contributed by atoms with E-state index in [1.807, 2.05) is 48.5 Å². The van der Waals surface area contributed by atoms with Crippen molar-refractivity contribution in [2.45, 2.75) is 26.1 Å². The van der Waals surface area contributed by atoms with Crippen LogP contribution in [0.4, 0.5) is 0 Å². The SMILES string of the molecule is CN1CCc2c(c3cc(Cl)ccc3n2CC(=O)OCc2ccccc2)C1. The maximum Gasteiger partial charge on any atom is 0.326 e. The van der Waals surface area contributed by atoms with E-state index < -0.39 is 0 Å². The molecule has 4 nitrogen and oxygen atoms in total. The molecule has 0 fully saturated rings. The summed E-state index contributed by atoms with van der Waals surface area (Å²) in [6.45, 7) is 2.38. The molecular weight excluding hydrogens is 348 g/mol. The summed E-state index contributed by atoms with van der Waals surface area (Å²) in [7, 11) is 2.12. The predicted molar refractivity (Wildman–Crippen MR) is 103 cm³/mol. The van der Waals surface area contributed by atoms with Crippen molar-refractivity contribution in [3.63, 3.8) is 0 Å². The minimum absolute atomic E-state index is 0.220. The molecule has 0 saturated carbocycles. The number of esters is 1. The van der Waals surface area contributed by atoms with E-state index in [2.05, 4.69) is 16.5 Å². The lowest BCUT2D eigenvalue weighted by atomic mass is 10.1. The smallest absolute Gasteiger partial charge is 0.326 e. The molecule has 0 aliphatic carbocycles. The van der Waals surface area contributed by atoms with Gasteiger partial charge in [-0.05, 0) is 36.4 Å². The average Bonchev–Trinajstić information content (AvgIpc) is 2.93. The number of hydrogen-bond acceptors (Lipinski definition) is 3. The Labute approximate surface area is 157 Å². The van der Waals surface area contributed by atoms with Gasteiger partial charge in [0.15, 0.2) is 0 Å². The van der Waals surface area contributed by atoms with E-state index in [9.17, 15) is 4.79 Å². The van der Waals surface area contributed by atoms with Crippen LogP contribution in [0.5, 0.6) is 0 Å². The monoisotopic (exact) mass is 368 g/mol. The molecule has 0 atom stereocenters. The maximum atomic E-state index is 12.5. The van der Waals surface area contributed by atoms with Crippen LogP contribution in [0, 0.1) is 0 Å². The van der Waals surface area contributed by atoms with Crippen molar-refractivity contribution in [2.24, 2.45) is 0 Å². The standard InChI is InChI=1S/C21H21ClN2O2/c1-23-10-9-20-18(12-23)17-11-16(22)7-8-19(17)24(20)13-21(25)26-14-15-5-3-2-4-6-15/h2-8,11H,9-10,12-14H2,1H3. The Bertz CT molecular complexity index is 950. The van der Waals surface area contributed by atoms with Crippen LogP contribution in [-0.4, -0.2) is 29.0 Å². The fourth-order valence-electron chi connectivity index (χ4n) is 3.65. The summed E-state index contributed by atoms with van der Waals surface area (Å²) in [6, 6.07) is 15.6. The lowest BCUT2D eigenvalue weighted by molar-refractivity contribution is -0.145. The molecule has 4 rings (SSSR count). The zero-order valence-corrected chi connectivity index (χ0v) is 15.5. The van der Waals surface area contributed by atoms with Crippen LogP contribution in [0.1, 0.15) is 16.8 Å². The van der Waals surface area contributed by atoms with Gasteiger partial charge in [-0.15, -0.1) is 0 Å². The minimum Gasteiger partial charge on any atom is -0.459 e. The van der Waals surface area contributed by atoms with Crippen molar-refractivity contribution in [2.75, 3.05) is 13.6 Å². The molecule has 3 aromatic rings. The summed E-state index contributed by atoms with van der Waals surface area (Å²) in [5, 5.41) is 1.85. The van der Waals surface area contributed by atoms with Crippen LogP contribution in [0.3, 0.4) is 0 Å². The third kappa shape index (κ3) is 3.35. The summed E-state index contributed by atoms with van der Waals surface area (Å²) < 4.78 is 7.59. The highest BCUT2D eigenvalue weighted by molar-refractivity contribution is 6.31. The first-order valence-corrected chi connectivity index (χ1v) is 9.17. The van der Waals surface area contributed by atoms with E-state index in [0.29, 0.717) is 6.61 Å². The molecule has 0 bridgehead atoms. The summed E-state index contributed by atoms with van der Waals surface area (Å²) in [6.07, 6.45) is 0.921. The van der Waals surface area contributed by atoms with Crippen molar-refractivity contribution < 1.29 is 9.53 Å². The van der Waals surface area contributed by atoms with Crippen LogP contribution < -0.4 is 0 Å². The first kappa shape index (κ1) is 17.1. The molecule has 0 amide bonds. The van der Waals surface area contributed by atoms with Gasteiger partial charge in [-0.3, -0.25) is 4.79 Å². The molecule has 26 heavy (non-hydrogen) atoms. The number of likely N-dealkylation sites (N-methyl/N-ethyl adjacent to an activating group) is 1. The molecule has 2 heterocycles. The van der Waals surface area contributed by atoms with Crippen molar-refractivity contribution in [3.05, 3.63) is 70.4 Å². The first-order chi connectivity index (χ1) is 12.6. The lowest BCUT2D eigenvalue weighted by Gasteiger charge is -2.24. The number of hydrogen-bond donors (Lipinski definition) is 0. The third-order valence-electron chi connectivity index (χ3n) is 4.94. The van der Waals surface area contributed by atoms with E-state index in [4.69, 9.17) is 16.3 Å². The average molecular weight is 369 g/mol. The Balaban J connectivity index is 1.61. The number of halogens is 1. The van der Waals surface area contributed by atoms with Gasteiger partial charge in [-0.2, -0.15) is 0 Å². The molecular formula is C21H21ClN2O2. The summed E-state index contributed by atoms with van der Waals surface area (Å²) >= 11 is 6.22. The zero-order chi connectivity index (χ0) is 18.1. The molecule has 0 N–H and O–H groups in total. The van der Waals surface area contributed by atoms with Gasteiger partial charge >= 0.3 is 5.97 Å². The summed E-state index contributed by atoms with van der Waals surface area (Å²) in [4.78, 5) is 14.8. The van der Waals surface area contributed by atoms with Gasteiger partial charge in [0.1, 0.15) is 13.2 Å². The summed E-state index contributed by atoms with van der Waals surface area (Å²) in [5.41, 5.74) is 4.53. The summed E-state index contributed by atoms with van der Waals surface area (Å²) in [5.74, 6) is -0.220. The number of benzene rings is 2. The van der Waals surface area contributed by atoms with Crippen LogP contribution in [0.2, 0.25) is 5.02 Å². The number of fused-ring (bicyclic) bond motifs is 3. The topological polar surface area (TPSA) is 34.5 Å². The van der Waals surface area contributed by atoms with Gasteiger partial charge in [-0.25, -0.2) is 0 Å². The van der Waals surface area contributed by atoms with Gasteiger partial charge in [-0.1, -0.05) is 41.9 Å². The second-order valence-electron chi connectivity index (χ2n) is 6.81. The lowest BCUT2D eigenvalue weighted by Crippen LogP contribution is -2.28. The molecule has 1 aliphatic rings. The Morgan fingerprint density at radius 2 is 2.00 bits per heavy atom. The van der Waals surface area contributed by atoms with Gasteiger partial charge in [0.05, 0.1) is 0 Å². The van der Waals surface area contributed by atoms with E-state index in [1.54, 1.807) is 0 Å². The maximum absolute atomic E-state index is 12.5. The van der Waals surface area contributed by atoms with E-state index in [-0.39, 0.29) is 12.5 Å². The Hall–Kier alpha value is -2.30. The molecule has 1 aromatic heterocycles. The van der Waals surface area contributed by atoms with Crippen LogP contribution in [-0.2, 0) is 35.6 Å². The van der Waals surface area contributed by atoms with Crippen LogP contribution in [0.15, 0.2) is 48.5 Å². The normalized spacial score (nSPS) is 14.4. The van der Waals surface area contributed by atoms with Gasteiger partial charge in [0.25, 0.3) is 0 Å². The van der Waals surface area contributed by atoms with Gasteiger partial charge < -0.3 is 14.2 Å². The largest absolute Gasteiger partial charge is 0.459 e. The molecule has 0 saturated heterocycles. The van der Waals surface area contributed by atoms with Crippen molar-refractivity contribution >= 4 is 28.5 Å². The van der Waals surface area contributed by atoms with Crippen LogP contribution >= 0.6 is 11.6 Å². The molecule has 1 aliphatic heterocycles. The first-order valence-electron chi connectivity index (χ1n) is 8.79. The quantitative estimate of drug-likeness (QED) is 0.652. The molecule has 2 aromatic carbocycles. The second kappa shape index (κ2) is 7.14. The highest BCUT2D eigenvalue weighted by Gasteiger charge is 2.23. The number of ether oxygens (including phenoxy) is 1. The molecule has 134 valence electrons. The van der Waals surface area contributed by atoms with E-state index >= 15 is 0 Å². The molecule has 0 spiro atoms. The highest BCUT2D eigenvalue weighted by Crippen LogP contribution is 2.32. The number of rotatable bonds is 4. The molecule has 0 unspecified atom stereocenters. The molecule has 5 heteroatoms. The van der Waals surface area contributed by atoms with E-state index in [1.165, 1.54) is 11.3 Å². The fourth-order valence-corrected chi connectivity index (χ4v) is 3.82. The Kier molecular flexibility index (Phi) is 4.70. The van der Waals surface area contributed by atoms with Gasteiger partial charge in [0.2, 0.25) is 0 Å². The number of aromatic nitrogens is 1. The third-order valence-corrected chi connectivity index (χ3v) is 5.17. The fraction of sp³-hybridized carbons (Fsp3) is 0.286. The van der Waals surface area contributed by atoms with E-state index in [0.717, 1.165) is 41.0 Å². The number of carbonyl (C=O) groups is 1. The Morgan fingerprint density at radius 1 is 1.19 bits per heavy atom. The molecule has 0 radical (unpaired) electrons. The van der Waals surface area contributed by atoms with Crippen molar-refractivity contribution in [3.8, 4) is 0 Å². The highest BCUT2D eigenvalue weighted by atomic mass is 35.5. The number of carbonyl (C=O) groups excluding carboxylic acids is 1. The van der Waals surface area contributed by atoms with Crippen molar-refractivity contribution in [1.82, 2.24) is 9.47 Å². The van der Waals surface area contributed by atoms with Crippen molar-refractivity contribution in [1.29, 1.82) is 0 Å². The Morgan fingerprint density at radius 3 is 2.81 bits per heavy atom.